The Labute approximate surface area is 60.3 Å². The topological polar surface area (TPSA) is 0 Å². The van der Waals surface area contributed by atoms with E-state index in [9.17, 15) is 8.78 Å². The van der Waals surface area contributed by atoms with Gasteiger partial charge in [-0.3, -0.25) is 0 Å². The minimum Gasteiger partial charge on any atom is -0.192 e. The van der Waals surface area contributed by atoms with Crippen molar-refractivity contribution in [1.29, 1.82) is 0 Å². The van der Waals surface area contributed by atoms with Crippen molar-refractivity contribution in [3.8, 4) is 0 Å². The fourth-order valence-corrected chi connectivity index (χ4v) is 0.393. The van der Waals surface area contributed by atoms with Crippen molar-refractivity contribution in [2.45, 2.75) is 16.6 Å². The van der Waals surface area contributed by atoms with E-state index in [1.54, 1.807) is 0 Å². The van der Waals surface area contributed by atoms with Crippen molar-refractivity contribution < 1.29 is 8.78 Å². The Hall–Kier alpha value is 0.630. The van der Waals surface area contributed by atoms with Crippen molar-refractivity contribution in [3.05, 3.63) is 6.92 Å². The number of alkyl halides is 4. The van der Waals surface area contributed by atoms with Gasteiger partial charge in [-0.15, -0.1) is 11.6 Å². The van der Waals surface area contributed by atoms with Crippen LogP contribution in [-0.2, 0) is 0 Å². The second-order valence-electron chi connectivity index (χ2n) is 1.30. The van der Waals surface area contributed by atoms with Gasteiger partial charge in [0.15, 0.2) is 0 Å². The van der Waals surface area contributed by atoms with Gasteiger partial charge in [-0.1, -0.05) is 6.92 Å². The third kappa shape index (κ3) is 2.82. The number of rotatable bonds is 2. The van der Waals surface area contributed by atoms with E-state index in [0.717, 1.165) is 0 Å². The first-order valence-electron chi connectivity index (χ1n) is 1.98. The highest BCUT2D eigenvalue weighted by molar-refractivity contribution is 9.10. The molecule has 1 atom stereocenters. The molecular weight excluding hydrogens is 201 g/mol. The first-order valence-corrected chi connectivity index (χ1v) is 3.21. The van der Waals surface area contributed by atoms with Gasteiger partial charge in [0.2, 0.25) is 0 Å². The summed E-state index contributed by atoms with van der Waals surface area (Å²) in [4.78, 5) is -2.98. The smallest absolute Gasteiger partial charge is 0.192 e. The van der Waals surface area contributed by atoms with E-state index >= 15 is 0 Å². The summed E-state index contributed by atoms with van der Waals surface area (Å²) in [5.74, 6) is 0. The van der Waals surface area contributed by atoms with E-state index < -0.39 is 10.2 Å². The molecule has 0 aromatic carbocycles. The van der Waals surface area contributed by atoms with Gasteiger partial charge in [-0.05, 0) is 22.4 Å². The Morgan fingerprint density at radius 3 is 2.12 bits per heavy atom. The quantitative estimate of drug-likeness (QED) is 0.610. The first kappa shape index (κ1) is 8.63. The van der Waals surface area contributed by atoms with Crippen LogP contribution in [0.15, 0.2) is 0 Å². The van der Waals surface area contributed by atoms with E-state index in [1.165, 1.54) is 0 Å². The van der Waals surface area contributed by atoms with Crippen molar-refractivity contribution in [2.24, 2.45) is 0 Å². The van der Waals surface area contributed by atoms with Crippen LogP contribution in [0.2, 0.25) is 0 Å². The molecule has 0 aliphatic carbocycles. The van der Waals surface area contributed by atoms with Gasteiger partial charge in [0.05, 0.1) is 0 Å². The molecule has 0 aliphatic heterocycles. The molecule has 0 nitrogen and oxygen atoms in total. The fraction of sp³-hybridized carbons (Fsp3) is 0.750. The lowest BCUT2D eigenvalue weighted by molar-refractivity contribution is 0.110. The summed E-state index contributed by atoms with van der Waals surface area (Å²) in [6.45, 7) is 3.21. The van der Waals surface area contributed by atoms with E-state index in [1.807, 2.05) is 0 Å². The van der Waals surface area contributed by atoms with Gasteiger partial charge in [-0.25, -0.2) is 0 Å². The van der Waals surface area contributed by atoms with Gasteiger partial charge in [0.25, 0.3) is 0 Å². The molecule has 0 saturated heterocycles. The van der Waals surface area contributed by atoms with Gasteiger partial charge >= 0.3 is 4.83 Å². The van der Waals surface area contributed by atoms with Crippen LogP contribution in [0.1, 0.15) is 6.42 Å². The molecule has 0 heterocycles. The van der Waals surface area contributed by atoms with Gasteiger partial charge in [0, 0.05) is 0 Å². The molecule has 0 aromatic heterocycles. The summed E-state index contributed by atoms with van der Waals surface area (Å²) in [6.07, 6.45) is 0.0137. The molecule has 1 unspecified atom stereocenters. The van der Waals surface area contributed by atoms with Crippen LogP contribution in [-0.4, -0.2) is 10.2 Å². The Morgan fingerprint density at radius 1 is 1.75 bits per heavy atom. The maximum Gasteiger partial charge on any atom is 0.317 e. The summed E-state index contributed by atoms with van der Waals surface area (Å²) >= 11 is 7.18. The monoisotopic (exact) mass is 205 g/mol. The summed E-state index contributed by atoms with van der Waals surface area (Å²) in [6, 6.07) is 0. The van der Waals surface area contributed by atoms with Gasteiger partial charge < -0.3 is 0 Å². The molecular formula is C4H5BrClF2. The lowest BCUT2D eigenvalue weighted by Crippen LogP contribution is -2.19. The maximum absolute atomic E-state index is 11.9. The average Bonchev–Trinajstić information content (AvgIpc) is 1.62. The zero-order valence-electron chi connectivity index (χ0n) is 4.00. The molecule has 1 radical (unpaired) electrons. The minimum absolute atomic E-state index is 0.0137. The molecule has 0 fully saturated rings. The predicted molar refractivity (Wildman–Crippen MR) is 33.5 cm³/mol. The molecule has 4 heteroatoms. The molecule has 0 spiro atoms. The third-order valence-electron chi connectivity index (χ3n) is 0.609. The van der Waals surface area contributed by atoms with E-state index in [0.29, 0.717) is 0 Å². The number of hydrogen-bond acceptors (Lipinski definition) is 0. The number of hydrogen-bond donors (Lipinski definition) is 0. The molecule has 0 rings (SSSR count). The highest BCUT2D eigenvalue weighted by Gasteiger charge is 2.32. The SMILES string of the molecule is [CH2]CC(Cl)C(F)(F)Br. The molecule has 0 amide bonds. The first-order chi connectivity index (χ1) is 3.48. The summed E-state index contributed by atoms with van der Waals surface area (Å²) in [5, 5.41) is -1.21. The van der Waals surface area contributed by atoms with Crippen LogP contribution >= 0.6 is 27.5 Å². The lowest BCUT2D eigenvalue weighted by atomic mass is 10.3. The Balaban J connectivity index is 3.62. The Morgan fingerprint density at radius 2 is 2.12 bits per heavy atom. The predicted octanol–water partition coefficient (Wildman–Crippen LogP) is 2.81. The standard InChI is InChI=1S/C4H5BrClF2/c1-2-3(6)4(5,7)8/h3H,1-2H2. The molecule has 0 aromatic rings. The molecule has 49 valence electrons. The second-order valence-corrected chi connectivity index (χ2v) is 2.88. The highest BCUT2D eigenvalue weighted by atomic mass is 79.9. The van der Waals surface area contributed by atoms with Crippen molar-refractivity contribution in [2.75, 3.05) is 0 Å². The van der Waals surface area contributed by atoms with Crippen LogP contribution in [0, 0.1) is 6.92 Å². The molecule has 0 aliphatic rings. The van der Waals surface area contributed by atoms with Crippen molar-refractivity contribution in [3.63, 3.8) is 0 Å². The van der Waals surface area contributed by atoms with E-state index in [2.05, 4.69) is 22.9 Å². The van der Waals surface area contributed by atoms with Crippen LogP contribution in [0.5, 0.6) is 0 Å². The Bertz CT molecular complexity index is 70.9. The molecule has 0 N–H and O–H groups in total. The summed E-state index contributed by atoms with van der Waals surface area (Å²) in [7, 11) is 0. The summed E-state index contributed by atoms with van der Waals surface area (Å²) in [5.41, 5.74) is 0. The molecule has 0 saturated carbocycles. The molecule has 0 bridgehead atoms. The average molecular weight is 206 g/mol. The van der Waals surface area contributed by atoms with Gasteiger partial charge in [-0.2, -0.15) is 8.78 Å². The third-order valence-corrected chi connectivity index (χ3v) is 1.92. The van der Waals surface area contributed by atoms with Crippen LogP contribution in [0.3, 0.4) is 0 Å². The fourth-order valence-electron chi connectivity index (χ4n) is 0.164. The van der Waals surface area contributed by atoms with Crippen molar-refractivity contribution >= 4 is 27.5 Å². The largest absolute Gasteiger partial charge is 0.317 e. The minimum atomic E-state index is -2.98. The normalized spacial score (nSPS) is 16.1. The van der Waals surface area contributed by atoms with E-state index in [4.69, 9.17) is 11.6 Å². The highest BCUT2D eigenvalue weighted by Crippen LogP contribution is 2.31. The maximum atomic E-state index is 11.9. The summed E-state index contributed by atoms with van der Waals surface area (Å²) < 4.78 is 23.7. The van der Waals surface area contributed by atoms with E-state index in [-0.39, 0.29) is 6.42 Å². The Kier molecular flexibility index (Phi) is 3.20. The van der Waals surface area contributed by atoms with Crippen molar-refractivity contribution in [1.82, 2.24) is 0 Å². The zero-order chi connectivity index (χ0) is 6.78. The van der Waals surface area contributed by atoms with Crippen LogP contribution in [0.4, 0.5) is 8.78 Å². The molecule has 8 heavy (non-hydrogen) atoms. The zero-order valence-corrected chi connectivity index (χ0v) is 6.35. The second kappa shape index (κ2) is 2.97. The lowest BCUT2D eigenvalue weighted by Gasteiger charge is -2.11. The number of halogens is 4. The van der Waals surface area contributed by atoms with Crippen LogP contribution < -0.4 is 0 Å². The van der Waals surface area contributed by atoms with Gasteiger partial charge in [0.1, 0.15) is 5.38 Å². The van der Waals surface area contributed by atoms with Crippen LogP contribution in [0.25, 0.3) is 0 Å².